The SMILES string of the molecule is CCSC1CCC(n2cnc(C(=O)OC)c2N)C1. The number of anilines is 1. The van der Waals surface area contributed by atoms with E-state index in [0.29, 0.717) is 17.1 Å². The molecule has 1 saturated carbocycles. The van der Waals surface area contributed by atoms with Crippen molar-refractivity contribution in [2.45, 2.75) is 37.5 Å². The Morgan fingerprint density at radius 2 is 2.44 bits per heavy atom. The number of nitrogen functional groups attached to an aromatic ring is 1. The van der Waals surface area contributed by atoms with Crippen LogP contribution >= 0.6 is 11.8 Å². The molecule has 5 nitrogen and oxygen atoms in total. The van der Waals surface area contributed by atoms with Crippen LogP contribution in [0.15, 0.2) is 6.33 Å². The van der Waals surface area contributed by atoms with Crippen LogP contribution in [-0.4, -0.2) is 33.6 Å². The van der Waals surface area contributed by atoms with E-state index in [1.165, 1.54) is 13.5 Å². The van der Waals surface area contributed by atoms with Gasteiger partial charge in [-0.1, -0.05) is 6.92 Å². The van der Waals surface area contributed by atoms with Crippen LogP contribution in [0.3, 0.4) is 0 Å². The third kappa shape index (κ3) is 2.48. The molecule has 0 spiro atoms. The van der Waals surface area contributed by atoms with Gasteiger partial charge in [0, 0.05) is 11.3 Å². The zero-order valence-corrected chi connectivity index (χ0v) is 11.6. The van der Waals surface area contributed by atoms with Crippen LogP contribution in [0.2, 0.25) is 0 Å². The van der Waals surface area contributed by atoms with E-state index < -0.39 is 5.97 Å². The van der Waals surface area contributed by atoms with E-state index in [-0.39, 0.29) is 5.69 Å². The summed E-state index contributed by atoms with van der Waals surface area (Å²) in [4.78, 5) is 15.5. The maximum Gasteiger partial charge on any atom is 0.360 e. The summed E-state index contributed by atoms with van der Waals surface area (Å²) >= 11 is 1.99. The highest BCUT2D eigenvalue weighted by atomic mass is 32.2. The van der Waals surface area contributed by atoms with Crippen molar-refractivity contribution in [3.05, 3.63) is 12.0 Å². The molecule has 0 aliphatic heterocycles. The Morgan fingerprint density at radius 1 is 1.67 bits per heavy atom. The number of hydrogen-bond donors (Lipinski definition) is 1. The Morgan fingerprint density at radius 3 is 3.11 bits per heavy atom. The van der Waals surface area contributed by atoms with Gasteiger partial charge in [0.15, 0.2) is 5.69 Å². The number of thioether (sulfide) groups is 1. The van der Waals surface area contributed by atoms with Gasteiger partial charge in [-0.15, -0.1) is 0 Å². The molecule has 2 atom stereocenters. The fraction of sp³-hybridized carbons (Fsp3) is 0.667. The first kappa shape index (κ1) is 13.3. The normalized spacial score (nSPS) is 23.2. The first-order valence-corrected chi connectivity index (χ1v) is 7.24. The van der Waals surface area contributed by atoms with Gasteiger partial charge in [0.2, 0.25) is 0 Å². The Hall–Kier alpha value is -1.17. The van der Waals surface area contributed by atoms with Gasteiger partial charge in [0.25, 0.3) is 0 Å². The lowest BCUT2D eigenvalue weighted by molar-refractivity contribution is 0.0596. The van der Waals surface area contributed by atoms with E-state index in [2.05, 4.69) is 16.6 Å². The Kier molecular flexibility index (Phi) is 4.16. The second-order valence-corrected chi connectivity index (χ2v) is 6.00. The number of carbonyl (C=O) groups is 1. The zero-order chi connectivity index (χ0) is 13.1. The number of carbonyl (C=O) groups excluding carboxylic acids is 1. The summed E-state index contributed by atoms with van der Waals surface area (Å²) in [5.74, 6) is 1.10. The molecule has 1 heterocycles. The zero-order valence-electron chi connectivity index (χ0n) is 10.8. The molecule has 0 aromatic carbocycles. The van der Waals surface area contributed by atoms with Gasteiger partial charge in [-0.25, -0.2) is 9.78 Å². The summed E-state index contributed by atoms with van der Waals surface area (Å²) < 4.78 is 6.57. The van der Waals surface area contributed by atoms with Crippen molar-refractivity contribution in [1.29, 1.82) is 0 Å². The molecular weight excluding hydrogens is 250 g/mol. The van der Waals surface area contributed by atoms with Crippen LogP contribution in [0.1, 0.15) is 42.7 Å². The molecule has 6 heteroatoms. The van der Waals surface area contributed by atoms with Gasteiger partial charge in [-0.05, 0) is 25.0 Å². The minimum atomic E-state index is -0.469. The summed E-state index contributed by atoms with van der Waals surface area (Å²) in [6, 6.07) is 0.361. The average molecular weight is 269 g/mol. The molecule has 2 rings (SSSR count). The molecular formula is C12H19N3O2S. The molecule has 1 aromatic heterocycles. The highest BCUT2D eigenvalue weighted by Gasteiger charge is 2.28. The van der Waals surface area contributed by atoms with E-state index in [1.807, 2.05) is 16.3 Å². The smallest absolute Gasteiger partial charge is 0.360 e. The Bertz CT molecular complexity index is 433. The number of hydrogen-bond acceptors (Lipinski definition) is 5. The molecule has 0 saturated heterocycles. The van der Waals surface area contributed by atoms with Gasteiger partial charge in [-0.2, -0.15) is 11.8 Å². The van der Waals surface area contributed by atoms with Crippen molar-refractivity contribution in [1.82, 2.24) is 9.55 Å². The van der Waals surface area contributed by atoms with Crippen LogP contribution in [0.25, 0.3) is 0 Å². The van der Waals surface area contributed by atoms with Crippen molar-refractivity contribution in [2.24, 2.45) is 0 Å². The maximum atomic E-state index is 11.4. The molecule has 0 amide bonds. The standard InChI is InChI=1S/C12H19N3O2S/c1-3-18-9-5-4-8(6-9)15-7-14-10(11(15)13)12(16)17-2/h7-9H,3-6,13H2,1-2H3. The summed E-state index contributed by atoms with van der Waals surface area (Å²) in [5.41, 5.74) is 6.20. The molecule has 1 fully saturated rings. The number of methoxy groups -OCH3 is 1. The van der Waals surface area contributed by atoms with Gasteiger partial charge < -0.3 is 15.0 Å². The minimum absolute atomic E-state index is 0.226. The second kappa shape index (κ2) is 5.65. The van der Waals surface area contributed by atoms with Crippen LogP contribution in [0.4, 0.5) is 5.82 Å². The number of aromatic nitrogens is 2. The van der Waals surface area contributed by atoms with Gasteiger partial charge >= 0.3 is 5.97 Å². The predicted octanol–water partition coefficient (Wildman–Crippen LogP) is 2.10. The first-order valence-electron chi connectivity index (χ1n) is 6.19. The van der Waals surface area contributed by atoms with Crippen molar-refractivity contribution in [2.75, 3.05) is 18.6 Å². The fourth-order valence-corrected chi connectivity index (χ4v) is 3.61. The highest BCUT2D eigenvalue weighted by Crippen LogP contribution is 2.38. The number of nitrogens with two attached hydrogens (primary N) is 1. The van der Waals surface area contributed by atoms with Crippen molar-refractivity contribution < 1.29 is 9.53 Å². The third-order valence-corrected chi connectivity index (χ3v) is 4.60. The van der Waals surface area contributed by atoms with E-state index in [0.717, 1.165) is 18.6 Å². The number of rotatable bonds is 4. The van der Waals surface area contributed by atoms with E-state index in [4.69, 9.17) is 5.73 Å². The lowest BCUT2D eigenvalue weighted by Crippen LogP contribution is -2.11. The first-order chi connectivity index (χ1) is 8.67. The lowest BCUT2D eigenvalue weighted by atomic mass is 10.2. The second-order valence-electron chi connectivity index (χ2n) is 4.42. The van der Waals surface area contributed by atoms with Gasteiger partial charge in [0.05, 0.1) is 13.4 Å². The number of ether oxygens (including phenoxy) is 1. The number of imidazole rings is 1. The Labute approximate surface area is 111 Å². The molecule has 1 aliphatic rings. The van der Waals surface area contributed by atoms with Crippen molar-refractivity contribution in [3.8, 4) is 0 Å². The summed E-state index contributed by atoms with van der Waals surface area (Å²) in [5, 5.41) is 0.698. The molecule has 0 bridgehead atoms. The quantitative estimate of drug-likeness (QED) is 0.848. The van der Waals surface area contributed by atoms with Crippen molar-refractivity contribution >= 4 is 23.5 Å². The summed E-state index contributed by atoms with van der Waals surface area (Å²) in [7, 11) is 1.34. The maximum absolute atomic E-state index is 11.4. The summed E-state index contributed by atoms with van der Waals surface area (Å²) in [6.45, 7) is 2.18. The topological polar surface area (TPSA) is 70.1 Å². The van der Waals surface area contributed by atoms with Crippen LogP contribution in [-0.2, 0) is 4.74 Å². The van der Waals surface area contributed by atoms with Crippen LogP contribution in [0.5, 0.6) is 0 Å². The van der Waals surface area contributed by atoms with Gasteiger partial charge in [-0.3, -0.25) is 0 Å². The lowest BCUT2D eigenvalue weighted by Gasteiger charge is -2.14. The minimum Gasteiger partial charge on any atom is -0.464 e. The molecule has 0 radical (unpaired) electrons. The van der Waals surface area contributed by atoms with E-state index >= 15 is 0 Å². The predicted molar refractivity (Wildman–Crippen MR) is 72.8 cm³/mol. The van der Waals surface area contributed by atoms with Gasteiger partial charge in [0.1, 0.15) is 5.82 Å². The summed E-state index contributed by atoms with van der Waals surface area (Å²) in [6.07, 6.45) is 5.05. The van der Waals surface area contributed by atoms with Crippen molar-refractivity contribution in [3.63, 3.8) is 0 Å². The highest BCUT2D eigenvalue weighted by molar-refractivity contribution is 7.99. The van der Waals surface area contributed by atoms with E-state index in [1.54, 1.807) is 6.33 Å². The fourth-order valence-electron chi connectivity index (χ4n) is 2.47. The molecule has 100 valence electrons. The Balaban J connectivity index is 2.11. The monoisotopic (exact) mass is 269 g/mol. The molecule has 18 heavy (non-hydrogen) atoms. The average Bonchev–Trinajstić information content (AvgIpc) is 2.95. The molecule has 2 unspecified atom stereocenters. The third-order valence-electron chi connectivity index (χ3n) is 3.36. The van der Waals surface area contributed by atoms with Crippen LogP contribution < -0.4 is 5.73 Å². The molecule has 2 N–H and O–H groups in total. The number of esters is 1. The van der Waals surface area contributed by atoms with Crippen LogP contribution in [0, 0.1) is 0 Å². The molecule has 1 aliphatic carbocycles. The molecule has 1 aromatic rings. The number of nitrogens with zero attached hydrogens (tertiary/aromatic N) is 2. The van der Waals surface area contributed by atoms with E-state index in [9.17, 15) is 4.79 Å². The largest absolute Gasteiger partial charge is 0.464 e.